The van der Waals surface area contributed by atoms with Gasteiger partial charge in [0.25, 0.3) is 0 Å². The lowest BCUT2D eigenvalue weighted by atomic mass is 9.86. The van der Waals surface area contributed by atoms with Gasteiger partial charge in [-0.1, -0.05) is 219 Å². The molecule has 3 nitrogen and oxygen atoms in total. The van der Waals surface area contributed by atoms with Crippen molar-refractivity contribution in [1.29, 1.82) is 0 Å². The summed E-state index contributed by atoms with van der Waals surface area (Å²) in [5.41, 5.74) is 12.8. The number of rotatable bonds is 9. The van der Waals surface area contributed by atoms with Gasteiger partial charge in [-0.3, -0.25) is 0 Å². The minimum Gasteiger partial charge on any atom is -0.456 e. The molecule has 0 saturated heterocycles. The number of anilines is 3. The fourth-order valence-electron chi connectivity index (χ4n) is 11.4. The molecule has 1 atom stereocenters. The molecule has 69 heavy (non-hydrogen) atoms. The molecule has 11 aromatic carbocycles. The van der Waals surface area contributed by atoms with Crippen LogP contribution in [-0.4, -0.2) is 14.2 Å². The van der Waals surface area contributed by atoms with Gasteiger partial charge in [0.1, 0.15) is 17.3 Å². The molecule has 328 valence electrons. The van der Waals surface area contributed by atoms with Crippen LogP contribution >= 0.6 is 0 Å². The van der Waals surface area contributed by atoms with E-state index in [2.05, 4.69) is 260 Å². The average Bonchev–Trinajstić information content (AvgIpc) is 3.99. The first-order valence-electron chi connectivity index (χ1n) is 24.1. The van der Waals surface area contributed by atoms with Gasteiger partial charge in [-0.2, -0.15) is 0 Å². The van der Waals surface area contributed by atoms with Gasteiger partial charge in [0, 0.05) is 16.5 Å². The lowest BCUT2D eigenvalue weighted by Crippen LogP contribution is -2.74. The molecular weight excluding hydrogens is 853 g/mol. The molecule has 0 aliphatic carbocycles. The van der Waals surface area contributed by atoms with Gasteiger partial charge in [-0.25, -0.2) is 0 Å². The summed E-state index contributed by atoms with van der Waals surface area (Å²) in [5, 5.41) is 16.4. The Labute approximate surface area is 403 Å². The highest BCUT2D eigenvalue weighted by Gasteiger charge is 2.42. The Balaban J connectivity index is 0.931. The zero-order valence-corrected chi connectivity index (χ0v) is 39.3. The lowest BCUT2D eigenvalue weighted by Gasteiger charge is -2.34. The number of hydrogen-bond donors (Lipinski definition) is 1. The summed E-state index contributed by atoms with van der Waals surface area (Å²) in [6.07, 6.45) is 1.13. The molecule has 13 rings (SSSR count). The van der Waals surface area contributed by atoms with E-state index < -0.39 is 8.07 Å². The van der Waals surface area contributed by atoms with E-state index in [-0.39, 0.29) is 6.17 Å². The lowest BCUT2D eigenvalue weighted by molar-refractivity contribution is 0.669. The summed E-state index contributed by atoms with van der Waals surface area (Å²) in [6.45, 7) is 2.25. The maximum Gasteiger partial charge on any atom is 0.179 e. The Morgan fingerprint density at radius 1 is 0.391 bits per heavy atom. The molecule has 0 amide bonds. The summed E-state index contributed by atoms with van der Waals surface area (Å²) >= 11 is 0. The van der Waals surface area contributed by atoms with E-state index in [1.165, 1.54) is 92.7 Å². The highest BCUT2D eigenvalue weighted by molar-refractivity contribution is 7.20. The van der Waals surface area contributed by atoms with Crippen molar-refractivity contribution >= 4 is 89.4 Å². The van der Waals surface area contributed by atoms with Crippen LogP contribution in [0.25, 0.3) is 76.9 Å². The first-order valence-corrected chi connectivity index (χ1v) is 26.1. The number of nitrogens with one attached hydrogen (secondary N) is 1. The van der Waals surface area contributed by atoms with Crippen molar-refractivity contribution in [2.45, 2.75) is 19.5 Å². The molecule has 1 aliphatic heterocycles. The summed E-state index contributed by atoms with van der Waals surface area (Å²) < 4.78 is 6.58. The maximum atomic E-state index is 6.58. The van der Waals surface area contributed by atoms with Crippen LogP contribution in [0.1, 0.15) is 13.3 Å². The Bertz CT molecular complexity index is 3750. The summed E-state index contributed by atoms with van der Waals surface area (Å²) in [7, 11) is -2.88. The van der Waals surface area contributed by atoms with Gasteiger partial charge >= 0.3 is 0 Å². The predicted octanol–water partition coefficient (Wildman–Crippen LogP) is 14.6. The number of fused-ring (bicyclic) bond motifs is 6. The molecule has 1 N–H and O–H groups in total. The highest BCUT2D eigenvalue weighted by Crippen LogP contribution is 2.46. The molecular formula is C65H48N2OSi. The van der Waals surface area contributed by atoms with Gasteiger partial charge in [0.15, 0.2) is 8.07 Å². The van der Waals surface area contributed by atoms with E-state index in [1.54, 1.807) is 0 Å². The molecule has 0 radical (unpaired) electrons. The van der Waals surface area contributed by atoms with Crippen LogP contribution in [0.15, 0.2) is 253 Å². The second kappa shape index (κ2) is 16.7. The van der Waals surface area contributed by atoms with Gasteiger partial charge in [-0.15, -0.1) is 0 Å². The molecule has 1 aromatic heterocycles. The van der Waals surface area contributed by atoms with Crippen molar-refractivity contribution in [2.75, 3.05) is 10.2 Å². The number of para-hydroxylation sites is 1. The monoisotopic (exact) mass is 900 g/mol. The molecule has 0 spiro atoms. The van der Waals surface area contributed by atoms with Crippen molar-refractivity contribution in [3.05, 3.63) is 249 Å². The van der Waals surface area contributed by atoms with E-state index in [0.29, 0.717) is 0 Å². The second-order valence-electron chi connectivity index (χ2n) is 18.3. The number of nitrogens with zero attached hydrogens (tertiary/aromatic N) is 1. The smallest absolute Gasteiger partial charge is 0.179 e. The molecule has 0 saturated carbocycles. The largest absolute Gasteiger partial charge is 0.456 e. The van der Waals surface area contributed by atoms with Crippen molar-refractivity contribution in [3.63, 3.8) is 0 Å². The summed E-state index contributed by atoms with van der Waals surface area (Å²) in [6, 6.07) is 91.9. The summed E-state index contributed by atoms with van der Waals surface area (Å²) in [4.78, 5) is 2.46. The Hall–Kier alpha value is -8.44. The average molecular weight is 901 g/mol. The van der Waals surface area contributed by atoms with E-state index in [9.17, 15) is 0 Å². The molecule has 0 bridgehead atoms. The van der Waals surface area contributed by atoms with Crippen molar-refractivity contribution < 1.29 is 4.42 Å². The third-order valence-electron chi connectivity index (χ3n) is 14.6. The number of furan rings is 1. The quantitative estimate of drug-likeness (QED) is 0.0889. The van der Waals surface area contributed by atoms with E-state index >= 15 is 0 Å². The van der Waals surface area contributed by atoms with E-state index in [4.69, 9.17) is 4.42 Å². The van der Waals surface area contributed by atoms with Crippen LogP contribution in [0, 0.1) is 0 Å². The molecule has 12 aromatic rings. The first kappa shape index (κ1) is 40.8. The maximum absolute atomic E-state index is 6.58. The minimum absolute atomic E-state index is 0.165. The van der Waals surface area contributed by atoms with E-state index in [0.717, 1.165) is 28.4 Å². The zero-order chi connectivity index (χ0) is 45.9. The first-order chi connectivity index (χ1) is 34.2. The predicted molar refractivity (Wildman–Crippen MR) is 295 cm³/mol. The molecule has 2 heterocycles. The standard InChI is InChI=1S/C65H48N2OSi/c1-2-63-66-59-42-47(44-18-6-3-7-19-44)34-41-60(59)67(63)48-35-30-45(31-36-48)64-55-25-12-14-27-57(55)65(58-28-15-13-26-56(58)64)46-32-37-51(38-33-46)69(49-20-8-4-9-21-49,50-22-10-5-11-23-50)52-39-40-54-53-24-16-17-29-61(53)68-62(54)43-52/h3-43,63,66H,2H2,1H3. The Morgan fingerprint density at radius 2 is 0.855 bits per heavy atom. The Kier molecular flexibility index (Phi) is 9.88. The fraction of sp³-hybridized carbons (Fsp3) is 0.0462. The van der Waals surface area contributed by atoms with Crippen LogP contribution in [0.2, 0.25) is 0 Å². The molecule has 1 unspecified atom stereocenters. The SMILES string of the molecule is CCC1Nc2cc(-c3ccccc3)ccc2N1c1ccc(-c2c3ccccc3c(-c3ccc([Si](c4ccccc4)(c4ccccc4)c4ccc5c(c4)oc4ccccc45)cc3)c3ccccc23)cc1. The van der Waals surface area contributed by atoms with Gasteiger partial charge < -0.3 is 14.6 Å². The van der Waals surface area contributed by atoms with Crippen molar-refractivity contribution in [1.82, 2.24) is 0 Å². The van der Waals surface area contributed by atoms with Crippen LogP contribution in [0.4, 0.5) is 17.1 Å². The Morgan fingerprint density at radius 3 is 1.43 bits per heavy atom. The van der Waals surface area contributed by atoms with Crippen LogP contribution in [0.3, 0.4) is 0 Å². The molecule has 0 fully saturated rings. The number of benzene rings is 11. The third kappa shape index (κ3) is 6.63. The van der Waals surface area contributed by atoms with Crippen molar-refractivity contribution in [3.8, 4) is 33.4 Å². The van der Waals surface area contributed by atoms with Crippen LogP contribution in [-0.2, 0) is 0 Å². The third-order valence-corrected chi connectivity index (χ3v) is 19.4. The minimum atomic E-state index is -2.88. The summed E-state index contributed by atoms with van der Waals surface area (Å²) in [5.74, 6) is 0. The van der Waals surface area contributed by atoms with E-state index in [1.807, 2.05) is 6.07 Å². The second-order valence-corrected chi connectivity index (χ2v) is 22.1. The molecule has 4 heteroatoms. The number of hydrogen-bond acceptors (Lipinski definition) is 3. The molecule has 1 aliphatic rings. The zero-order valence-electron chi connectivity index (χ0n) is 38.3. The van der Waals surface area contributed by atoms with Gasteiger partial charge in [0.05, 0.1) is 11.4 Å². The van der Waals surface area contributed by atoms with Crippen LogP contribution in [0.5, 0.6) is 0 Å². The van der Waals surface area contributed by atoms with Gasteiger partial charge in [0.2, 0.25) is 0 Å². The van der Waals surface area contributed by atoms with Gasteiger partial charge in [-0.05, 0) is 118 Å². The van der Waals surface area contributed by atoms with Crippen LogP contribution < -0.4 is 31.0 Å². The van der Waals surface area contributed by atoms with Crippen molar-refractivity contribution in [2.24, 2.45) is 0 Å². The normalized spacial score (nSPS) is 13.6. The fourth-order valence-corrected chi connectivity index (χ4v) is 16.2. The topological polar surface area (TPSA) is 28.4 Å². The highest BCUT2D eigenvalue weighted by atomic mass is 28.3.